The Morgan fingerprint density at radius 1 is 1.33 bits per heavy atom. The summed E-state index contributed by atoms with van der Waals surface area (Å²) in [4.78, 5) is 0. The van der Waals surface area contributed by atoms with Gasteiger partial charge in [0.2, 0.25) is 0 Å². The van der Waals surface area contributed by atoms with Gasteiger partial charge in [-0.05, 0) is 12.1 Å². The van der Waals surface area contributed by atoms with Gasteiger partial charge in [0, 0.05) is 6.20 Å². The predicted molar refractivity (Wildman–Crippen MR) is 46.3 cm³/mol. The molecular weight excluding hydrogens is 231 g/mol. The Kier molecular flexibility index (Phi) is 2.22. The SMILES string of the molecule is FC(F)(F)n1cccc1-c1nnc(S)o1. The fraction of sp³-hybridized carbons (Fsp3) is 0.143. The maximum Gasteiger partial charge on any atom is 0.489 e. The van der Waals surface area contributed by atoms with Crippen molar-refractivity contribution in [2.45, 2.75) is 11.5 Å². The normalized spacial score (nSPS) is 12.0. The molecular formula is C7H4F3N3OS. The first-order chi connectivity index (χ1) is 6.98. The third-order valence-electron chi connectivity index (χ3n) is 1.66. The van der Waals surface area contributed by atoms with E-state index >= 15 is 0 Å². The van der Waals surface area contributed by atoms with Crippen LogP contribution in [0.15, 0.2) is 28.0 Å². The number of aromatic nitrogens is 3. The van der Waals surface area contributed by atoms with Crippen LogP contribution in [0.2, 0.25) is 0 Å². The zero-order valence-corrected chi connectivity index (χ0v) is 7.96. The standard InChI is InChI=1S/C7H4F3N3OS/c8-7(9,10)13-3-1-2-4(13)5-11-12-6(15)14-5/h1-3H,(H,12,15). The molecule has 0 aliphatic heterocycles. The number of halogens is 3. The van der Waals surface area contributed by atoms with Crippen LogP contribution < -0.4 is 0 Å². The summed E-state index contributed by atoms with van der Waals surface area (Å²) in [6, 6.07) is 2.47. The number of rotatable bonds is 1. The summed E-state index contributed by atoms with van der Waals surface area (Å²) in [6.45, 7) is 0. The molecule has 0 atom stereocenters. The molecule has 0 N–H and O–H groups in total. The minimum absolute atomic E-state index is 0.0834. The molecule has 0 saturated heterocycles. The van der Waals surface area contributed by atoms with E-state index in [2.05, 4.69) is 22.8 Å². The average molecular weight is 235 g/mol. The molecule has 0 aromatic carbocycles. The highest BCUT2D eigenvalue weighted by Gasteiger charge is 2.33. The van der Waals surface area contributed by atoms with E-state index in [0.29, 0.717) is 0 Å². The van der Waals surface area contributed by atoms with Crippen molar-refractivity contribution in [3.8, 4) is 11.6 Å². The fourth-order valence-corrected chi connectivity index (χ4v) is 1.23. The Bertz CT molecular complexity index is 476. The number of hydrogen-bond acceptors (Lipinski definition) is 4. The van der Waals surface area contributed by atoms with Crippen molar-refractivity contribution < 1.29 is 17.6 Å². The highest BCUT2D eigenvalue weighted by atomic mass is 32.1. The van der Waals surface area contributed by atoms with E-state index in [1.165, 1.54) is 12.1 Å². The van der Waals surface area contributed by atoms with Crippen LogP contribution in [-0.4, -0.2) is 14.8 Å². The van der Waals surface area contributed by atoms with Crippen LogP contribution in [0.1, 0.15) is 0 Å². The molecule has 8 heteroatoms. The van der Waals surface area contributed by atoms with Gasteiger partial charge in [-0.2, -0.15) is 0 Å². The zero-order valence-electron chi connectivity index (χ0n) is 7.06. The lowest BCUT2D eigenvalue weighted by Gasteiger charge is -2.09. The topological polar surface area (TPSA) is 43.9 Å². The highest BCUT2D eigenvalue weighted by Crippen LogP contribution is 2.29. The predicted octanol–water partition coefficient (Wildman–Crippen LogP) is 2.30. The second-order valence-electron chi connectivity index (χ2n) is 2.62. The molecule has 0 aliphatic carbocycles. The molecule has 0 aliphatic rings. The lowest BCUT2D eigenvalue weighted by atomic mass is 10.4. The monoisotopic (exact) mass is 235 g/mol. The van der Waals surface area contributed by atoms with Gasteiger partial charge in [-0.25, -0.2) is 0 Å². The number of alkyl halides is 3. The van der Waals surface area contributed by atoms with Crippen LogP contribution >= 0.6 is 12.6 Å². The molecule has 2 aromatic heterocycles. The van der Waals surface area contributed by atoms with Gasteiger partial charge in [-0.15, -0.1) is 23.4 Å². The molecule has 80 valence electrons. The fourth-order valence-electron chi connectivity index (χ4n) is 1.10. The van der Waals surface area contributed by atoms with Crippen LogP contribution in [0, 0.1) is 0 Å². The smallest absolute Gasteiger partial charge is 0.410 e. The van der Waals surface area contributed by atoms with Gasteiger partial charge in [0.1, 0.15) is 5.69 Å². The Labute approximate surface area is 87.1 Å². The van der Waals surface area contributed by atoms with E-state index in [0.717, 1.165) is 6.20 Å². The van der Waals surface area contributed by atoms with E-state index in [1.54, 1.807) is 0 Å². The van der Waals surface area contributed by atoms with E-state index in [4.69, 9.17) is 4.42 Å². The minimum Gasteiger partial charge on any atom is -0.410 e. The van der Waals surface area contributed by atoms with Crippen LogP contribution in [0.3, 0.4) is 0 Å². The molecule has 0 radical (unpaired) electrons. The molecule has 0 spiro atoms. The molecule has 4 nitrogen and oxygen atoms in total. The van der Waals surface area contributed by atoms with Crippen molar-refractivity contribution in [2.75, 3.05) is 0 Å². The molecule has 0 saturated carbocycles. The summed E-state index contributed by atoms with van der Waals surface area (Å²) in [5.74, 6) is -0.220. The van der Waals surface area contributed by atoms with Gasteiger partial charge < -0.3 is 4.42 Å². The average Bonchev–Trinajstić information content (AvgIpc) is 2.68. The molecule has 2 rings (SSSR count). The van der Waals surface area contributed by atoms with Crippen LogP contribution in [0.25, 0.3) is 11.6 Å². The van der Waals surface area contributed by atoms with Crippen LogP contribution in [-0.2, 0) is 6.30 Å². The van der Waals surface area contributed by atoms with Gasteiger partial charge >= 0.3 is 6.30 Å². The first-order valence-electron chi connectivity index (χ1n) is 3.76. The van der Waals surface area contributed by atoms with Crippen LogP contribution in [0.4, 0.5) is 13.2 Å². The summed E-state index contributed by atoms with van der Waals surface area (Å²) < 4.78 is 42.2. The maximum atomic E-state index is 12.4. The molecule has 0 amide bonds. The Morgan fingerprint density at radius 3 is 2.60 bits per heavy atom. The number of thiol groups is 1. The number of hydrogen-bond donors (Lipinski definition) is 1. The first-order valence-corrected chi connectivity index (χ1v) is 4.20. The summed E-state index contributed by atoms with van der Waals surface area (Å²) in [7, 11) is 0. The molecule has 2 aromatic rings. The van der Waals surface area contributed by atoms with Gasteiger partial charge in [0.25, 0.3) is 11.1 Å². The summed E-state index contributed by atoms with van der Waals surface area (Å²) >= 11 is 3.71. The highest BCUT2D eigenvalue weighted by molar-refractivity contribution is 7.80. The number of nitrogens with zero attached hydrogens (tertiary/aromatic N) is 3. The summed E-state index contributed by atoms with van der Waals surface area (Å²) in [6.07, 6.45) is -3.64. The van der Waals surface area contributed by atoms with E-state index < -0.39 is 6.30 Å². The van der Waals surface area contributed by atoms with Gasteiger partial charge in [-0.3, -0.25) is 4.57 Å². The van der Waals surface area contributed by atoms with E-state index in [1.807, 2.05) is 0 Å². The van der Waals surface area contributed by atoms with Crippen molar-refractivity contribution in [1.82, 2.24) is 14.8 Å². The third kappa shape index (κ3) is 1.84. The minimum atomic E-state index is -4.51. The molecule has 0 bridgehead atoms. The van der Waals surface area contributed by atoms with Crippen molar-refractivity contribution >= 4 is 12.6 Å². The lowest BCUT2D eigenvalue weighted by molar-refractivity contribution is -0.202. The van der Waals surface area contributed by atoms with Crippen molar-refractivity contribution in [2.24, 2.45) is 0 Å². The lowest BCUT2D eigenvalue weighted by Crippen LogP contribution is -2.16. The Hall–Kier alpha value is -1.44. The zero-order chi connectivity index (χ0) is 11.1. The van der Waals surface area contributed by atoms with Gasteiger partial charge in [0.15, 0.2) is 0 Å². The van der Waals surface area contributed by atoms with Crippen molar-refractivity contribution in [3.05, 3.63) is 18.3 Å². The van der Waals surface area contributed by atoms with E-state index in [-0.39, 0.29) is 21.4 Å². The second kappa shape index (κ2) is 3.30. The molecule has 15 heavy (non-hydrogen) atoms. The first kappa shape index (κ1) is 10.1. The van der Waals surface area contributed by atoms with E-state index in [9.17, 15) is 13.2 Å². The Morgan fingerprint density at radius 2 is 2.07 bits per heavy atom. The third-order valence-corrected chi connectivity index (χ3v) is 1.84. The molecule has 0 fully saturated rings. The van der Waals surface area contributed by atoms with Gasteiger partial charge in [-0.1, -0.05) is 12.6 Å². The van der Waals surface area contributed by atoms with Crippen molar-refractivity contribution in [3.63, 3.8) is 0 Å². The Balaban J connectivity index is 2.50. The quantitative estimate of drug-likeness (QED) is 0.771. The second-order valence-corrected chi connectivity index (χ2v) is 3.00. The molecule has 2 heterocycles. The molecule has 0 unspecified atom stereocenters. The largest absolute Gasteiger partial charge is 0.489 e. The maximum absolute atomic E-state index is 12.4. The van der Waals surface area contributed by atoms with Crippen molar-refractivity contribution in [1.29, 1.82) is 0 Å². The summed E-state index contributed by atoms with van der Waals surface area (Å²) in [5.41, 5.74) is -0.213. The van der Waals surface area contributed by atoms with Gasteiger partial charge in [0.05, 0.1) is 0 Å². The van der Waals surface area contributed by atoms with Crippen LogP contribution in [0.5, 0.6) is 0 Å². The summed E-state index contributed by atoms with van der Waals surface area (Å²) in [5, 5.41) is 6.70.